The van der Waals surface area contributed by atoms with E-state index in [1.165, 1.54) is 30.6 Å². The van der Waals surface area contributed by atoms with Crippen molar-refractivity contribution < 1.29 is 4.74 Å². The topological polar surface area (TPSA) is 66.7 Å². The van der Waals surface area contributed by atoms with Crippen LogP contribution in [0.15, 0.2) is 4.99 Å². The van der Waals surface area contributed by atoms with Crippen LogP contribution in [-0.4, -0.2) is 66.6 Å². The van der Waals surface area contributed by atoms with Crippen LogP contribution in [0.2, 0.25) is 0 Å². The fourth-order valence-electron chi connectivity index (χ4n) is 3.62. The number of rotatable bonds is 9. The molecule has 1 fully saturated rings. The minimum atomic E-state index is 0. The zero-order valence-corrected chi connectivity index (χ0v) is 19.9. The summed E-state index contributed by atoms with van der Waals surface area (Å²) in [6.07, 6.45) is 2.57. The fourth-order valence-corrected chi connectivity index (χ4v) is 3.62. The molecule has 0 aliphatic carbocycles. The molecule has 2 rings (SSSR count). The maximum Gasteiger partial charge on any atom is 0.191 e. The largest absolute Gasteiger partial charge is 0.383 e. The minimum absolute atomic E-state index is 0. The maximum absolute atomic E-state index is 5.17. The average Bonchev–Trinajstić information content (AvgIpc) is 3.20. The van der Waals surface area contributed by atoms with Crippen molar-refractivity contribution in [2.45, 2.75) is 59.7 Å². The highest BCUT2D eigenvalue weighted by molar-refractivity contribution is 14.0. The number of hydrogen-bond acceptors (Lipinski definition) is 4. The molecule has 1 saturated heterocycles. The zero-order chi connectivity index (χ0) is 18.9. The molecule has 2 N–H and O–H groups in total. The second-order valence-electron chi connectivity index (χ2n) is 6.87. The first-order valence-electron chi connectivity index (χ1n) is 9.88. The summed E-state index contributed by atoms with van der Waals surface area (Å²) in [4.78, 5) is 7.35. The first kappa shape index (κ1) is 24.2. The van der Waals surface area contributed by atoms with E-state index in [9.17, 15) is 0 Å². The molecular formula is C19H37IN6O. The summed E-state index contributed by atoms with van der Waals surface area (Å²) in [5, 5.41) is 11.5. The van der Waals surface area contributed by atoms with Gasteiger partial charge in [0.05, 0.1) is 25.4 Å². The number of halogens is 1. The predicted octanol–water partition coefficient (Wildman–Crippen LogP) is 2.30. The van der Waals surface area contributed by atoms with E-state index in [4.69, 9.17) is 9.73 Å². The van der Waals surface area contributed by atoms with Crippen molar-refractivity contribution in [1.82, 2.24) is 25.3 Å². The van der Waals surface area contributed by atoms with Crippen LogP contribution in [0.1, 0.15) is 43.6 Å². The lowest BCUT2D eigenvalue weighted by molar-refractivity contribution is 0.182. The Kier molecular flexibility index (Phi) is 11.2. The Balaban J connectivity index is 0.00000364. The number of nitrogens with zero attached hydrogens (tertiary/aromatic N) is 4. The van der Waals surface area contributed by atoms with E-state index in [0.29, 0.717) is 19.2 Å². The van der Waals surface area contributed by atoms with E-state index in [1.54, 1.807) is 7.11 Å². The molecule has 1 aliphatic rings. The Morgan fingerprint density at radius 3 is 2.74 bits per heavy atom. The van der Waals surface area contributed by atoms with Crippen LogP contribution in [0.25, 0.3) is 0 Å². The van der Waals surface area contributed by atoms with Crippen molar-refractivity contribution in [2.75, 3.05) is 39.9 Å². The highest BCUT2D eigenvalue weighted by Crippen LogP contribution is 2.16. The van der Waals surface area contributed by atoms with Crippen molar-refractivity contribution in [1.29, 1.82) is 0 Å². The summed E-state index contributed by atoms with van der Waals surface area (Å²) in [6.45, 7) is 14.7. The summed E-state index contributed by atoms with van der Waals surface area (Å²) >= 11 is 0. The van der Waals surface area contributed by atoms with Gasteiger partial charge in [-0.3, -0.25) is 9.58 Å². The molecule has 0 radical (unpaired) electrons. The van der Waals surface area contributed by atoms with Crippen LogP contribution in [-0.2, 0) is 17.8 Å². The van der Waals surface area contributed by atoms with Crippen LogP contribution in [0.4, 0.5) is 0 Å². The van der Waals surface area contributed by atoms with E-state index in [-0.39, 0.29) is 24.0 Å². The van der Waals surface area contributed by atoms with Gasteiger partial charge in [0.2, 0.25) is 0 Å². The van der Waals surface area contributed by atoms with Gasteiger partial charge in [0.15, 0.2) is 5.96 Å². The smallest absolute Gasteiger partial charge is 0.191 e. The van der Waals surface area contributed by atoms with Gasteiger partial charge in [0.25, 0.3) is 0 Å². The average molecular weight is 492 g/mol. The number of methoxy groups -OCH3 is 1. The SMILES string of the molecule is CCNC(=NCc1c(C)nn(CCOC)c1C)NCC1CCCN1CC.I. The molecule has 1 aromatic rings. The number of aryl methyl sites for hydroxylation is 1. The molecule has 1 unspecified atom stereocenters. The number of ether oxygens (including phenoxy) is 1. The summed E-state index contributed by atoms with van der Waals surface area (Å²) in [5.41, 5.74) is 3.42. The number of hydrogen-bond donors (Lipinski definition) is 2. The van der Waals surface area contributed by atoms with Crippen LogP contribution in [0.5, 0.6) is 0 Å². The van der Waals surface area contributed by atoms with Crippen LogP contribution in [0.3, 0.4) is 0 Å². The highest BCUT2D eigenvalue weighted by atomic mass is 127. The Morgan fingerprint density at radius 1 is 1.30 bits per heavy atom. The highest BCUT2D eigenvalue weighted by Gasteiger charge is 2.22. The van der Waals surface area contributed by atoms with Gasteiger partial charge in [-0.25, -0.2) is 4.99 Å². The van der Waals surface area contributed by atoms with Crippen molar-refractivity contribution >= 4 is 29.9 Å². The molecule has 7 nitrogen and oxygen atoms in total. The summed E-state index contributed by atoms with van der Waals surface area (Å²) in [5.74, 6) is 0.888. The number of aromatic nitrogens is 2. The summed E-state index contributed by atoms with van der Waals surface area (Å²) < 4.78 is 7.18. The van der Waals surface area contributed by atoms with Crippen LogP contribution in [0, 0.1) is 13.8 Å². The van der Waals surface area contributed by atoms with Gasteiger partial charge >= 0.3 is 0 Å². The molecule has 0 aromatic carbocycles. The maximum atomic E-state index is 5.17. The molecule has 0 amide bonds. The third-order valence-corrected chi connectivity index (χ3v) is 5.19. The van der Waals surface area contributed by atoms with E-state index in [2.05, 4.69) is 48.3 Å². The number of guanidine groups is 1. The van der Waals surface area contributed by atoms with Crippen LogP contribution < -0.4 is 10.6 Å². The Bertz CT molecular complexity index is 589. The molecule has 0 saturated carbocycles. The number of likely N-dealkylation sites (tertiary alicyclic amines) is 1. The van der Waals surface area contributed by atoms with Gasteiger partial charge in [0, 0.05) is 37.5 Å². The van der Waals surface area contributed by atoms with Gasteiger partial charge in [-0.1, -0.05) is 6.92 Å². The van der Waals surface area contributed by atoms with Crippen molar-refractivity contribution in [3.8, 4) is 0 Å². The van der Waals surface area contributed by atoms with Gasteiger partial charge in [-0.05, 0) is 46.7 Å². The van der Waals surface area contributed by atoms with Crippen molar-refractivity contribution in [3.05, 3.63) is 17.0 Å². The number of likely N-dealkylation sites (N-methyl/N-ethyl adjacent to an activating group) is 1. The fraction of sp³-hybridized carbons (Fsp3) is 0.789. The lowest BCUT2D eigenvalue weighted by Gasteiger charge is -2.24. The number of nitrogens with one attached hydrogen (secondary N) is 2. The quantitative estimate of drug-likeness (QED) is 0.315. The van der Waals surface area contributed by atoms with E-state index >= 15 is 0 Å². The van der Waals surface area contributed by atoms with E-state index in [0.717, 1.165) is 37.8 Å². The molecule has 156 valence electrons. The normalized spacial score (nSPS) is 17.8. The van der Waals surface area contributed by atoms with Crippen LogP contribution >= 0.6 is 24.0 Å². The molecule has 27 heavy (non-hydrogen) atoms. The first-order chi connectivity index (χ1) is 12.6. The molecule has 0 spiro atoms. The van der Waals surface area contributed by atoms with Gasteiger partial charge in [-0.2, -0.15) is 5.10 Å². The standard InChI is InChI=1S/C19H36N6O.HI/c1-6-20-19(21-13-17-9-8-10-24(17)7-2)22-14-18-15(3)23-25(16(18)4)11-12-26-5;/h17H,6-14H2,1-5H3,(H2,20,21,22);1H. The third kappa shape index (κ3) is 6.90. The monoisotopic (exact) mass is 492 g/mol. The molecule has 8 heteroatoms. The van der Waals surface area contributed by atoms with E-state index < -0.39 is 0 Å². The van der Waals surface area contributed by atoms with Gasteiger partial charge < -0.3 is 15.4 Å². The van der Waals surface area contributed by atoms with Gasteiger partial charge in [-0.15, -0.1) is 24.0 Å². The zero-order valence-electron chi connectivity index (χ0n) is 17.5. The minimum Gasteiger partial charge on any atom is -0.383 e. The number of aliphatic imine (C=N–C) groups is 1. The third-order valence-electron chi connectivity index (χ3n) is 5.19. The molecule has 1 aromatic heterocycles. The lowest BCUT2D eigenvalue weighted by Crippen LogP contribution is -2.44. The molecular weight excluding hydrogens is 455 g/mol. The van der Waals surface area contributed by atoms with Gasteiger partial charge in [0.1, 0.15) is 0 Å². The Labute approximate surface area is 181 Å². The second kappa shape index (κ2) is 12.6. The molecule has 1 aliphatic heterocycles. The first-order valence-corrected chi connectivity index (χ1v) is 9.88. The Morgan fingerprint density at radius 2 is 2.07 bits per heavy atom. The van der Waals surface area contributed by atoms with Crippen molar-refractivity contribution in [3.63, 3.8) is 0 Å². The predicted molar refractivity (Wildman–Crippen MR) is 122 cm³/mol. The second-order valence-corrected chi connectivity index (χ2v) is 6.87. The molecule has 2 heterocycles. The summed E-state index contributed by atoms with van der Waals surface area (Å²) in [7, 11) is 1.72. The summed E-state index contributed by atoms with van der Waals surface area (Å²) in [6, 6.07) is 0.615. The molecule has 1 atom stereocenters. The van der Waals surface area contributed by atoms with E-state index in [1.807, 2.05) is 4.68 Å². The molecule has 0 bridgehead atoms. The Hall–Kier alpha value is -0.870. The lowest BCUT2D eigenvalue weighted by atomic mass is 10.2. The van der Waals surface area contributed by atoms with Crippen molar-refractivity contribution in [2.24, 2.45) is 4.99 Å².